The first kappa shape index (κ1) is 12.4. The van der Waals surface area contributed by atoms with Gasteiger partial charge in [-0.25, -0.2) is 0 Å². The summed E-state index contributed by atoms with van der Waals surface area (Å²) in [4.78, 5) is 0. The van der Waals surface area contributed by atoms with Gasteiger partial charge in [0.1, 0.15) is 17.6 Å². The number of hydrogen-bond donors (Lipinski definition) is 1. The van der Waals surface area contributed by atoms with Gasteiger partial charge in [-0.15, -0.1) is 0 Å². The van der Waals surface area contributed by atoms with Crippen molar-refractivity contribution < 1.29 is 19.3 Å². The highest BCUT2D eigenvalue weighted by atomic mass is 16.5. The van der Waals surface area contributed by atoms with Crippen LogP contribution in [0.15, 0.2) is 30.3 Å². The van der Waals surface area contributed by atoms with Crippen LogP contribution in [0.2, 0.25) is 0 Å². The van der Waals surface area contributed by atoms with Crippen LogP contribution in [0.25, 0.3) is 0 Å². The molecule has 0 aliphatic carbocycles. The van der Waals surface area contributed by atoms with E-state index in [1.54, 1.807) is 13.2 Å². The van der Waals surface area contributed by atoms with E-state index in [0.29, 0.717) is 12.4 Å². The largest absolute Gasteiger partial charge is 0.504 e. The van der Waals surface area contributed by atoms with Crippen LogP contribution in [-0.4, -0.2) is 18.8 Å². The summed E-state index contributed by atoms with van der Waals surface area (Å²) in [6.07, 6.45) is -0.0600. The molecule has 2 aliphatic rings. The molecular formula is C17H16O4. The van der Waals surface area contributed by atoms with Gasteiger partial charge in [-0.2, -0.15) is 0 Å². The molecule has 2 heterocycles. The molecule has 0 radical (unpaired) electrons. The number of para-hydroxylation sites is 1. The average Bonchev–Trinajstić information content (AvgIpc) is 2.89. The fourth-order valence-corrected chi connectivity index (χ4v) is 3.32. The van der Waals surface area contributed by atoms with Crippen LogP contribution >= 0.6 is 0 Å². The van der Waals surface area contributed by atoms with Gasteiger partial charge >= 0.3 is 0 Å². The SMILES string of the molecule is COc1cc2c(c(C)c1O)[C@H]1COc3ccccc3[C@H]1O2. The maximum Gasteiger partial charge on any atom is 0.164 e. The molecule has 0 fully saturated rings. The zero-order chi connectivity index (χ0) is 14.6. The highest BCUT2D eigenvalue weighted by molar-refractivity contribution is 5.60. The van der Waals surface area contributed by atoms with Crippen LogP contribution in [0.1, 0.15) is 28.7 Å². The summed E-state index contributed by atoms with van der Waals surface area (Å²) >= 11 is 0. The monoisotopic (exact) mass is 284 g/mol. The Bertz CT molecular complexity index is 723. The van der Waals surface area contributed by atoms with Gasteiger partial charge in [-0.3, -0.25) is 0 Å². The summed E-state index contributed by atoms with van der Waals surface area (Å²) in [6, 6.07) is 9.70. The van der Waals surface area contributed by atoms with E-state index in [1.807, 2.05) is 31.2 Å². The second kappa shape index (κ2) is 4.32. The van der Waals surface area contributed by atoms with Gasteiger partial charge in [-0.05, 0) is 13.0 Å². The van der Waals surface area contributed by atoms with E-state index >= 15 is 0 Å². The molecular weight excluding hydrogens is 268 g/mol. The van der Waals surface area contributed by atoms with Crippen molar-refractivity contribution in [3.05, 3.63) is 47.0 Å². The minimum absolute atomic E-state index is 0.0600. The van der Waals surface area contributed by atoms with Gasteiger partial charge in [-0.1, -0.05) is 18.2 Å². The van der Waals surface area contributed by atoms with Crippen LogP contribution in [0.5, 0.6) is 23.0 Å². The van der Waals surface area contributed by atoms with E-state index in [1.165, 1.54) is 0 Å². The summed E-state index contributed by atoms with van der Waals surface area (Å²) in [5.74, 6) is 2.38. The molecule has 2 aromatic rings. The van der Waals surface area contributed by atoms with E-state index in [-0.39, 0.29) is 17.8 Å². The molecule has 4 heteroatoms. The topological polar surface area (TPSA) is 47.9 Å². The van der Waals surface area contributed by atoms with Gasteiger partial charge in [0.2, 0.25) is 0 Å². The number of benzene rings is 2. The van der Waals surface area contributed by atoms with E-state index < -0.39 is 0 Å². The molecule has 0 bridgehead atoms. The molecule has 4 nitrogen and oxygen atoms in total. The predicted octanol–water partition coefficient (Wildman–Crippen LogP) is 3.32. The van der Waals surface area contributed by atoms with Crippen LogP contribution < -0.4 is 14.2 Å². The zero-order valence-electron chi connectivity index (χ0n) is 11.9. The fourth-order valence-electron chi connectivity index (χ4n) is 3.32. The Balaban J connectivity index is 1.86. The quantitative estimate of drug-likeness (QED) is 0.872. The van der Waals surface area contributed by atoms with Crippen molar-refractivity contribution in [2.45, 2.75) is 18.9 Å². The minimum Gasteiger partial charge on any atom is -0.504 e. The molecule has 108 valence electrons. The third kappa shape index (κ3) is 1.62. The lowest BCUT2D eigenvalue weighted by atomic mass is 9.87. The number of aromatic hydroxyl groups is 1. The molecule has 0 saturated carbocycles. The summed E-state index contributed by atoms with van der Waals surface area (Å²) in [5.41, 5.74) is 2.88. The van der Waals surface area contributed by atoms with Crippen molar-refractivity contribution in [3.63, 3.8) is 0 Å². The summed E-state index contributed by atoms with van der Waals surface area (Å²) in [5, 5.41) is 10.2. The third-order valence-corrected chi connectivity index (χ3v) is 4.37. The van der Waals surface area contributed by atoms with Crippen molar-refractivity contribution in [2.75, 3.05) is 13.7 Å². The lowest BCUT2D eigenvalue weighted by Gasteiger charge is -2.27. The molecule has 21 heavy (non-hydrogen) atoms. The van der Waals surface area contributed by atoms with E-state index in [4.69, 9.17) is 14.2 Å². The average molecular weight is 284 g/mol. The van der Waals surface area contributed by atoms with Crippen LogP contribution in [-0.2, 0) is 0 Å². The molecule has 2 atom stereocenters. The smallest absolute Gasteiger partial charge is 0.164 e. The highest BCUT2D eigenvalue weighted by Gasteiger charge is 2.42. The van der Waals surface area contributed by atoms with Gasteiger partial charge in [0.05, 0.1) is 19.6 Å². The Hall–Kier alpha value is -2.36. The van der Waals surface area contributed by atoms with Gasteiger partial charge in [0, 0.05) is 22.8 Å². The number of hydrogen-bond acceptors (Lipinski definition) is 4. The van der Waals surface area contributed by atoms with Crippen molar-refractivity contribution in [1.29, 1.82) is 0 Å². The number of methoxy groups -OCH3 is 1. The number of phenols is 1. The Morgan fingerprint density at radius 3 is 2.86 bits per heavy atom. The molecule has 0 spiro atoms. The van der Waals surface area contributed by atoms with Crippen LogP contribution in [0.3, 0.4) is 0 Å². The van der Waals surface area contributed by atoms with E-state index in [2.05, 4.69) is 0 Å². The normalized spacial score (nSPS) is 21.6. The molecule has 2 aromatic carbocycles. The summed E-state index contributed by atoms with van der Waals surface area (Å²) in [6.45, 7) is 2.45. The van der Waals surface area contributed by atoms with Crippen molar-refractivity contribution in [2.24, 2.45) is 0 Å². The Labute approximate surface area is 122 Å². The number of rotatable bonds is 1. The van der Waals surface area contributed by atoms with E-state index in [0.717, 1.165) is 28.2 Å². The van der Waals surface area contributed by atoms with Gasteiger partial charge < -0.3 is 19.3 Å². The zero-order valence-corrected chi connectivity index (χ0v) is 11.9. The first-order chi connectivity index (χ1) is 10.2. The lowest BCUT2D eigenvalue weighted by molar-refractivity contribution is 0.139. The first-order valence-corrected chi connectivity index (χ1v) is 6.99. The summed E-state index contributed by atoms with van der Waals surface area (Å²) in [7, 11) is 1.54. The summed E-state index contributed by atoms with van der Waals surface area (Å²) < 4.78 is 17.2. The fraction of sp³-hybridized carbons (Fsp3) is 0.294. The molecule has 2 aliphatic heterocycles. The highest BCUT2D eigenvalue weighted by Crippen LogP contribution is 2.54. The predicted molar refractivity (Wildman–Crippen MR) is 77.4 cm³/mol. The van der Waals surface area contributed by atoms with Crippen molar-refractivity contribution in [1.82, 2.24) is 0 Å². The van der Waals surface area contributed by atoms with Crippen LogP contribution in [0, 0.1) is 6.92 Å². The maximum absolute atomic E-state index is 10.2. The Morgan fingerprint density at radius 2 is 2.05 bits per heavy atom. The maximum atomic E-state index is 10.2. The van der Waals surface area contributed by atoms with Crippen molar-refractivity contribution in [3.8, 4) is 23.0 Å². The lowest BCUT2D eigenvalue weighted by Crippen LogP contribution is -2.23. The van der Waals surface area contributed by atoms with Gasteiger partial charge in [0.15, 0.2) is 11.5 Å². The molecule has 0 saturated heterocycles. The third-order valence-electron chi connectivity index (χ3n) is 4.37. The number of fused-ring (bicyclic) bond motifs is 5. The minimum atomic E-state index is -0.0600. The second-order valence-corrected chi connectivity index (χ2v) is 5.46. The van der Waals surface area contributed by atoms with Crippen molar-refractivity contribution >= 4 is 0 Å². The first-order valence-electron chi connectivity index (χ1n) is 6.99. The number of phenolic OH excluding ortho intramolecular Hbond substituents is 1. The van der Waals surface area contributed by atoms with Gasteiger partial charge in [0.25, 0.3) is 0 Å². The Morgan fingerprint density at radius 1 is 1.24 bits per heavy atom. The Kier molecular flexibility index (Phi) is 2.55. The standard InChI is InChI=1S/C17H16O4/c1-9-15-11-8-20-12-6-4-3-5-10(12)17(11)21-13(15)7-14(19-2)16(9)18/h3-7,11,17-18H,8H2,1-2H3/t11-,17-/m1/s1. The molecule has 0 unspecified atom stereocenters. The molecule has 4 rings (SSSR count). The molecule has 1 N–H and O–H groups in total. The molecule has 0 aromatic heterocycles. The second-order valence-electron chi connectivity index (χ2n) is 5.46. The van der Waals surface area contributed by atoms with Crippen LogP contribution in [0.4, 0.5) is 0 Å². The number of ether oxygens (including phenoxy) is 3. The molecule has 0 amide bonds. The van der Waals surface area contributed by atoms with E-state index in [9.17, 15) is 5.11 Å².